The smallest absolute Gasteiger partial charge is 0.260 e. The maximum absolute atomic E-state index is 12.2. The van der Waals surface area contributed by atoms with Gasteiger partial charge >= 0.3 is 0 Å². The highest BCUT2D eigenvalue weighted by Crippen LogP contribution is 2.26. The number of methoxy groups -OCH3 is 1. The van der Waals surface area contributed by atoms with Crippen LogP contribution < -0.4 is 14.8 Å². The molecule has 0 unspecified atom stereocenters. The Morgan fingerprint density at radius 2 is 1.91 bits per heavy atom. The number of benzene rings is 1. The summed E-state index contributed by atoms with van der Waals surface area (Å²) in [6.45, 7) is 6.83. The van der Waals surface area contributed by atoms with Gasteiger partial charge in [0.05, 0.1) is 7.11 Å². The standard InChI is InChI=1S/C18H29NO3/c1-5-7-10-15(6-2)13-19-18(20)14(3)22-17-12-9-8-11-16(17)21-4/h8-9,11-12,14-15H,5-7,10,13H2,1-4H3,(H,19,20)/t14-,15+/m1/s1. The second-order valence-electron chi connectivity index (χ2n) is 5.57. The number of ether oxygens (including phenoxy) is 2. The van der Waals surface area contributed by atoms with E-state index < -0.39 is 6.10 Å². The van der Waals surface area contributed by atoms with Crippen LogP contribution in [-0.2, 0) is 4.79 Å². The molecule has 1 aromatic rings. The molecule has 4 heteroatoms. The number of hydrogen-bond acceptors (Lipinski definition) is 3. The molecule has 0 aliphatic heterocycles. The minimum atomic E-state index is -0.542. The van der Waals surface area contributed by atoms with Gasteiger partial charge in [0.2, 0.25) is 0 Å². The Morgan fingerprint density at radius 1 is 1.23 bits per heavy atom. The average Bonchev–Trinajstić information content (AvgIpc) is 2.55. The van der Waals surface area contributed by atoms with Gasteiger partial charge < -0.3 is 14.8 Å². The summed E-state index contributed by atoms with van der Waals surface area (Å²) in [5.41, 5.74) is 0. The van der Waals surface area contributed by atoms with Crippen molar-refractivity contribution in [1.29, 1.82) is 0 Å². The number of carbonyl (C=O) groups excluding carboxylic acids is 1. The van der Waals surface area contributed by atoms with E-state index in [1.165, 1.54) is 12.8 Å². The van der Waals surface area contributed by atoms with Crippen LogP contribution in [0, 0.1) is 5.92 Å². The van der Waals surface area contributed by atoms with Crippen LogP contribution in [0.4, 0.5) is 0 Å². The first-order chi connectivity index (χ1) is 10.6. The molecule has 0 spiro atoms. The zero-order valence-corrected chi connectivity index (χ0v) is 14.2. The van der Waals surface area contributed by atoms with Crippen molar-refractivity contribution < 1.29 is 14.3 Å². The van der Waals surface area contributed by atoms with Gasteiger partial charge in [-0.1, -0.05) is 45.2 Å². The number of nitrogens with one attached hydrogen (secondary N) is 1. The van der Waals surface area contributed by atoms with E-state index in [-0.39, 0.29) is 5.91 Å². The molecule has 1 aromatic carbocycles. The van der Waals surface area contributed by atoms with E-state index in [2.05, 4.69) is 19.2 Å². The largest absolute Gasteiger partial charge is 0.493 e. The SMILES string of the molecule is CCCC[C@H](CC)CNC(=O)[C@@H](C)Oc1ccccc1OC. The third-order valence-electron chi connectivity index (χ3n) is 3.85. The summed E-state index contributed by atoms with van der Waals surface area (Å²) < 4.78 is 10.9. The molecule has 0 saturated carbocycles. The van der Waals surface area contributed by atoms with Crippen LogP contribution in [0.1, 0.15) is 46.5 Å². The van der Waals surface area contributed by atoms with Crippen LogP contribution in [0.3, 0.4) is 0 Å². The normalized spacial score (nSPS) is 13.3. The fourth-order valence-corrected chi connectivity index (χ4v) is 2.29. The van der Waals surface area contributed by atoms with Gasteiger partial charge in [-0.2, -0.15) is 0 Å². The maximum atomic E-state index is 12.2. The summed E-state index contributed by atoms with van der Waals surface area (Å²) in [7, 11) is 1.59. The van der Waals surface area contributed by atoms with Gasteiger partial charge in [-0.25, -0.2) is 0 Å². The predicted molar refractivity (Wildman–Crippen MR) is 89.4 cm³/mol. The number of amides is 1. The molecule has 2 atom stereocenters. The number of hydrogen-bond donors (Lipinski definition) is 1. The lowest BCUT2D eigenvalue weighted by molar-refractivity contribution is -0.127. The summed E-state index contributed by atoms with van der Waals surface area (Å²) in [4.78, 5) is 12.2. The highest BCUT2D eigenvalue weighted by atomic mass is 16.5. The Morgan fingerprint density at radius 3 is 2.50 bits per heavy atom. The first-order valence-electron chi connectivity index (χ1n) is 8.19. The molecule has 0 saturated heterocycles. The van der Waals surface area contributed by atoms with Crippen LogP contribution in [0.15, 0.2) is 24.3 Å². The van der Waals surface area contributed by atoms with Gasteiger partial charge in [-0.3, -0.25) is 4.79 Å². The summed E-state index contributed by atoms with van der Waals surface area (Å²) in [5.74, 6) is 1.69. The van der Waals surface area contributed by atoms with E-state index in [1.54, 1.807) is 20.1 Å². The van der Waals surface area contributed by atoms with Crippen molar-refractivity contribution in [3.63, 3.8) is 0 Å². The molecule has 0 aliphatic rings. The molecule has 124 valence electrons. The summed E-state index contributed by atoms with van der Waals surface area (Å²) >= 11 is 0. The van der Waals surface area contributed by atoms with Gasteiger partial charge in [-0.15, -0.1) is 0 Å². The Kier molecular flexibility index (Phi) is 8.41. The molecule has 1 rings (SSSR count). The monoisotopic (exact) mass is 307 g/mol. The Balaban J connectivity index is 2.47. The first-order valence-corrected chi connectivity index (χ1v) is 8.19. The van der Waals surface area contributed by atoms with Crippen LogP contribution >= 0.6 is 0 Å². The second-order valence-corrected chi connectivity index (χ2v) is 5.57. The Bertz CT molecular complexity index is 448. The Hall–Kier alpha value is -1.71. The van der Waals surface area contributed by atoms with Crippen molar-refractivity contribution in [3.05, 3.63) is 24.3 Å². The first kappa shape index (κ1) is 18.3. The topological polar surface area (TPSA) is 47.6 Å². The number of rotatable bonds is 10. The van der Waals surface area contributed by atoms with E-state index in [4.69, 9.17) is 9.47 Å². The second kappa shape index (κ2) is 10.1. The number of carbonyl (C=O) groups is 1. The van der Waals surface area contributed by atoms with Crippen molar-refractivity contribution >= 4 is 5.91 Å². The fraction of sp³-hybridized carbons (Fsp3) is 0.611. The molecular weight excluding hydrogens is 278 g/mol. The molecule has 4 nitrogen and oxygen atoms in total. The van der Waals surface area contributed by atoms with Crippen molar-refractivity contribution in [3.8, 4) is 11.5 Å². The van der Waals surface area contributed by atoms with Gasteiger partial charge in [0.15, 0.2) is 17.6 Å². The molecule has 1 amide bonds. The molecular formula is C18H29NO3. The van der Waals surface area contributed by atoms with Crippen LogP contribution in [-0.4, -0.2) is 25.7 Å². The molecule has 0 fully saturated rings. The summed E-state index contributed by atoms with van der Waals surface area (Å²) in [6, 6.07) is 7.35. The van der Waals surface area contributed by atoms with Crippen LogP contribution in [0.25, 0.3) is 0 Å². The number of unbranched alkanes of at least 4 members (excludes halogenated alkanes) is 1. The maximum Gasteiger partial charge on any atom is 0.260 e. The predicted octanol–water partition coefficient (Wildman–Crippen LogP) is 3.80. The average molecular weight is 307 g/mol. The van der Waals surface area contributed by atoms with Crippen molar-refractivity contribution in [1.82, 2.24) is 5.32 Å². The van der Waals surface area contributed by atoms with Crippen molar-refractivity contribution in [2.75, 3.05) is 13.7 Å². The molecule has 0 heterocycles. The molecule has 1 N–H and O–H groups in total. The zero-order valence-electron chi connectivity index (χ0n) is 14.2. The highest BCUT2D eigenvalue weighted by molar-refractivity contribution is 5.80. The molecule has 0 bridgehead atoms. The van der Waals surface area contributed by atoms with Gasteiger partial charge in [0.1, 0.15) is 0 Å². The summed E-state index contributed by atoms with van der Waals surface area (Å²) in [6.07, 6.45) is 4.11. The third-order valence-corrected chi connectivity index (χ3v) is 3.85. The molecule has 22 heavy (non-hydrogen) atoms. The minimum Gasteiger partial charge on any atom is -0.493 e. The number of para-hydroxylation sites is 2. The lowest BCUT2D eigenvalue weighted by atomic mass is 9.99. The van der Waals surface area contributed by atoms with E-state index in [1.807, 2.05) is 18.2 Å². The van der Waals surface area contributed by atoms with E-state index >= 15 is 0 Å². The third kappa shape index (κ3) is 5.96. The van der Waals surface area contributed by atoms with E-state index in [9.17, 15) is 4.79 Å². The molecule has 0 aliphatic carbocycles. The highest BCUT2D eigenvalue weighted by Gasteiger charge is 2.17. The van der Waals surface area contributed by atoms with Crippen molar-refractivity contribution in [2.24, 2.45) is 5.92 Å². The fourth-order valence-electron chi connectivity index (χ4n) is 2.29. The Labute approximate surface area is 134 Å². The lowest BCUT2D eigenvalue weighted by Crippen LogP contribution is -2.38. The quantitative estimate of drug-likeness (QED) is 0.715. The van der Waals surface area contributed by atoms with Gasteiger partial charge in [0.25, 0.3) is 5.91 Å². The van der Waals surface area contributed by atoms with E-state index in [0.717, 1.165) is 19.4 Å². The van der Waals surface area contributed by atoms with Crippen LogP contribution in [0.5, 0.6) is 11.5 Å². The minimum absolute atomic E-state index is 0.0825. The van der Waals surface area contributed by atoms with Crippen molar-refractivity contribution in [2.45, 2.75) is 52.6 Å². The summed E-state index contributed by atoms with van der Waals surface area (Å²) in [5, 5.41) is 3.00. The molecule has 0 aromatic heterocycles. The lowest BCUT2D eigenvalue weighted by Gasteiger charge is -2.19. The van der Waals surface area contributed by atoms with E-state index in [0.29, 0.717) is 17.4 Å². The molecule has 0 radical (unpaired) electrons. The van der Waals surface area contributed by atoms with Gasteiger partial charge in [-0.05, 0) is 31.4 Å². The van der Waals surface area contributed by atoms with Crippen LogP contribution in [0.2, 0.25) is 0 Å². The van der Waals surface area contributed by atoms with Gasteiger partial charge in [0, 0.05) is 6.54 Å². The zero-order chi connectivity index (χ0) is 16.4.